The molecular formula is C21H25N3OS. The van der Waals surface area contributed by atoms with Crippen molar-refractivity contribution in [1.29, 1.82) is 0 Å². The first-order valence-electron chi connectivity index (χ1n) is 8.74. The number of rotatable bonds is 4. The Kier molecular flexibility index (Phi) is 4.93. The largest absolute Gasteiger partial charge is 0.347 e. The number of aryl methyl sites for hydroxylation is 2. The third kappa shape index (κ3) is 3.28. The molecule has 0 bridgehead atoms. The fraction of sp³-hybridized carbons (Fsp3) is 0.381. The molecule has 0 radical (unpaired) electrons. The maximum Gasteiger partial charge on any atom is 0.188 e. The Morgan fingerprint density at radius 3 is 2.38 bits per heavy atom. The normalized spacial score (nSPS) is 16.8. The summed E-state index contributed by atoms with van der Waals surface area (Å²) in [6.07, 6.45) is 1.78. The molecule has 0 saturated carbocycles. The zero-order valence-electron chi connectivity index (χ0n) is 16.3. The van der Waals surface area contributed by atoms with Gasteiger partial charge in [0.05, 0.1) is 5.75 Å². The highest BCUT2D eigenvalue weighted by Crippen LogP contribution is 2.46. The van der Waals surface area contributed by atoms with E-state index in [2.05, 4.69) is 46.9 Å². The van der Waals surface area contributed by atoms with Crippen LogP contribution in [0.25, 0.3) is 0 Å². The highest BCUT2D eigenvalue weighted by Gasteiger charge is 2.38. The zero-order valence-corrected chi connectivity index (χ0v) is 17.1. The van der Waals surface area contributed by atoms with Gasteiger partial charge in [-0.15, -0.1) is 0 Å². The first kappa shape index (κ1) is 18.6. The second-order valence-electron chi connectivity index (χ2n) is 7.29. The van der Waals surface area contributed by atoms with E-state index in [1.807, 2.05) is 33.9 Å². The molecule has 26 heavy (non-hydrogen) atoms. The van der Waals surface area contributed by atoms with Gasteiger partial charge in [0.1, 0.15) is 0 Å². The number of fused-ring (bicyclic) bond motifs is 1. The third-order valence-electron chi connectivity index (χ3n) is 5.19. The van der Waals surface area contributed by atoms with Gasteiger partial charge in [0, 0.05) is 41.3 Å². The third-order valence-corrected chi connectivity index (χ3v) is 6.06. The number of likely N-dealkylation sites (N-methyl/N-ethyl adjacent to an activating group) is 1. The van der Waals surface area contributed by atoms with Crippen LogP contribution >= 0.6 is 11.8 Å². The molecule has 0 aliphatic carbocycles. The van der Waals surface area contributed by atoms with Crippen molar-refractivity contribution in [3.8, 4) is 0 Å². The predicted molar refractivity (Wildman–Crippen MR) is 108 cm³/mol. The van der Waals surface area contributed by atoms with Crippen molar-refractivity contribution >= 4 is 23.2 Å². The maximum absolute atomic E-state index is 12.6. The molecule has 3 rings (SSSR count). The Morgan fingerprint density at radius 2 is 1.77 bits per heavy atom. The summed E-state index contributed by atoms with van der Waals surface area (Å²) in [5.74, 6) is 0.420. The van der Waals surface area contributed by atoms with Gasteiger partial charge in [-0.05, 0) is 38.0 Å². The van der Waals surface area contributed by atoms with Crippen LogP contribution in [0, 0.1) is 20.8 Å². The van der Waals surface area contributed by atoms with Crippen molar-refractivity contribution in [2.45, 2.75) is 45.2 Å². The van der Waals surface area contributed by atoms with Crippen molar-refractivity contribution in [2.75, 3.05) is 17.7 Å². The number of hydrogen-bond donors (Lipinski definition) is 0. The molecule has 1 aliphatic heterocycles. The molecule has 0 spiro atoms. The van der Waals surface area contributed by atoms with Gasteiger partial charge in [-0.1, -0.05) is 43.8 Å². The second-order valence-corrected chi connectivity index (χ2v) is 8.23. The minimum absolute atomic E-state index is 0.0808. The van der Waals surface area contributed by atoms with Gasteiger partial charge in [0.2, 0.25) is 0 Å². The van der Waals surface area contributed by atoms with Gasteiger partial charge in [-0.2, -0.15) is 0 Å². The Balaban J connectivity index is 1.78. The van der Waals surface area contributed by atoms with Gasteiger partial charge in [0.15, 0.2) is 10.9 Å². The summed E-state index contributed by atoms with van der Waals surface area (Å²) >= 11 is 1.40. The van der Waals surface area contributed by atoms with Crippen LogP contribution in [0.1, 0.15) is 36.4 Å². The van der Waals surface area contributed by atoms with Gasteiger partial charge >= 0.3 is 0 Å². The van der Waals surface area contributed by atoms with Gasteiger partial charge < -0.3 is 4.90 Å². The molecule has 5 heteroatoms. The van der Waals surface area contributed by atoms with Crippen molar-refractivity contribution in [1.82, 2.24) is 9.97 Å². The lowest BCUT2D eigenvalue weighted by Gasteiger charge is -2.23. The lowest BCUT2D eigenvalue weighted by molar-refractivity contribution is -0.112. The van der Waals surface area contributed by atoms with Crippen molar-refractivity contribution < 1.29 is 4.79 Å². The topological polar surface area (TPSA) is 46.1 Å². The van der Waals surface area contributed by atoms with E-state index in [0.717, 1.165) is 28.3 Å². The SMILES string of the molecule is Cc1nc(SCC(=O)/C=C2\N(C)c3ccccc3C2(C)C)nc(C)c1C. The highest BCUT2D eigenvalue weighted by molar-refractivity contribution is 7.99. The molecule has 0 fully saturated rings. The first-order chi connectivity index (χ1) is 12.2. The molecular weight excluding hydrogens is 342 g/mol. The molecule has 2 heterocycles. The summed E-state index contributed by atoms with van der Waals surface area (Å²) in [5.41, 5.74) is 6.31. The molecule has 2 aromatic rings. The van der Waals surface area contributed by atoms with Crippen LogP contribution in [0.15, 0.2) is 41.2 Å². The average Bonchev–Trinajstić information content (AvgIpc) is 2.79. The van der Waals surface area contributed by atoms with E-state index in [4.69, 9.17) is 0 Å². The Bertz CT molecular complexity index is 879. The van der Waals surface area contributed by atoms with E-state index < -0.39 is 0 Å². The number of ketones is 1. The molecule has 1 aliphatic rings. The summed E-state index contributed by atoms with van der Waals surface area (Å²) in [6, 6.07) is 8.32. The smallest absolute Gasteiger partial charge is 0.188 e. The van der Waals surface area contributed by atoms with E-state index in [1.165, 1.54) is 17.3 Å². The van der Waals surface area contributed by atoms with Gasteiger partial charge in [0.25, 0.3) is 0 Å². The lowest BCUT2D eigenvalue weighted by Crippen LogP contribution is -2.24. The van der Waals surface area contributed by atoms with Crippen LogP contribution in [-0.4, -0.2) is 28.6 Å². The van der Waals surface area contributed by atoms with E-state index in [1.54, 1.807) is 6.08 Å². The Morgan fingerprint density at radius 1 is 1.15 bits per heavy atom. The van der Waals surface area contributed by atoms with E-state index in [9.17, 15) is 4.79 Å². The van der Waals surface area contributed by atoms with Gasteiger partial charge in [-0.25, -0.2) is 9.97 Å². The second kappa shape index (κ2) is 6.88. The number of carbonyl (C=O) groups is 1. The number of carbonyl (C=O) groups excluding carboxylic acids is 1. The van der Waals surface area contributed by atoms with Crippen LogP contribution in [0.2, 0.25) is 0 Å². The number of nitrogens with zero attached hydrogens (tertiary/aromatic N) is 3. The number of para-hydroxylation sites is 1. The monoisotopic (exact) mass is 367 g/mol. The van der Waals surface area contributed by atoms with E-state index in [-0.39, 0.29) is 11.2 Å². The number of hydrogen-bond acceptors (Lipinski definition) is 5. The summed E-state index contributed by atoms with van der Waals surface area (Å²) in [5, 5.41) is 0.666. The summed E-state index contributed by atoms with van der Waals surface area (Å²) in [7, 11) is 2.02. The quantitative estimate of drug-likeness (QED) is 0.456. The fourth-order valence-corrected chi connectivity index (χ4v) is 4.15. The van der Waals surface area contributed by atoms with Crippen molar-refractivity contribution in [3.63, 3.8) is 0 Å². The summed E-state index contributed by atoms with van der Waals surface area (Å²) in [4.78, 5) is 23.7. The zero-order chi connectivity index (χ0) is 19.1. The van der Waals surface area contributed by atoms with Crippen molar-refractivity contribution in [2.24, 2.45) is 0 Å². The molecule has 0 N–H and O–H groups in total. The lowest BCUT2D eigenvalue weighted by atomic mass is 9.83. The highest BCUT2D eigenvalue weighted by atomic mass is 32.2. The molecule has 0 atom stereocenters. The average molecular weight is 368 g/mol. The first-order valence-corrected chi connectivity index (χ1v) is 9.73. The summed E-state index contributed by atoms with van der Waals surface area (Å²) in [6.45, 7) is 10.3. The van der Waals surface area contributed by atoms with Crippen LogP contribution in [0.5, 0.6) is 0 Å². The molecule has 0 saturated heterocycles. The Labute approximate surface area is 159 Å². The molecule has 0 unspecified atom stereocenters. The molecule has 4 nitrogen and oxygen atoms in total. The molecule has 0 amide bonds. The van der Waals surface area contributed by atoms with Crippen LogP contribution in [-0.2, 0) is 10.2 Å². The minimum atomic E-state index is -0.181. The van der Waals surface area contributed by atoms with Crippen LogP contribution < -0.4 is 4.90 Å². The molecule has 1 aromatic heterocycles. The van der Waals surface area contributed by atoms with Gasteiger partial charge in [-0.3, -0.25) is 4.79 Å². The van der Waals surface area contributed by atoms with E-state index >= 15 is 0 Å². The number of allylic oxidation sites excluding steroid dienone is 2. The van der Waals surface area contributed by atoms with E-state index in [0.29, 0.717) is 10.9 Å². The number of aromatic nitrogens is 2. The fourth-order valence-electron chi connectivity index (χ4n) is 3.39. The molecule has 1 aromatic carbocycles. The standard InChI is InChI=1S/C21H25N3OS/c1-13-14(2)22-20(23-15(13)3)26-12-16(25)11-19-21(4,5)17-9-7-8-10-18(17)24(19)6/h7-11H,12H2,1-6H3/b19-11-. The molecule has 136 valence electrons. The number of anilines is 1. The Hall–Kier alpha value is -2.14. The van der Waals surface area contributed by atoms with Crippen LogP contribution in [0.3, 0.4) is 0 Å². The van der Waals surface area contributed by atoms with Crippen LogP contribution in [0.4, 0.5) is 5.69 Å². The van der Waals surface area contributed by atoms with Crippen molar-refractivity contribution in [3.05, 3.63) is 58.6 Å². The maximum atomic E-state index is 12.6. The minimum Gasteiger partial charge on any atom is -0.347 e. The summed E-state index contributed by atoms with van der Waals surface area (Å²) < 4.78 is 0. The number of thioether (sulfide) groups is 1. The predicted octanol–water partition coefficient (Wildman–Crippen LogP) is 4.37. The number of benzene rings is 1.